The molecule has 0 aliphatic rings. The van der Waals surface area contributed by atoms with Gasteiger partial charge in [-0.25, -0.2) is 9.97 Å². The van der Waals surface area contributed by atoms with Gasteiger partial charge in [-0.05, 0) is 13.8 Å². The fourth-order valence-electron chi connectivity index (χ4n) is 1.50. The number of thioether (sulfide) groups is 1. The van der Waals surface area contributed by atoms with E-state index >= 15 is 0 Å². The average molecular weight is 289 g/mol. The molecule has 7 heteroatoms. The van der Waals surface area contributed by atoms with E-state index in [2.05, 4.69) is 16.0 Å². The summed E-state index contributed by atoms with van der Waals surface area (Å²) in [7, 11) is 1.65. The lowest BCUT2D eigenvalue weighted by molar-refractivity contribution is -0.127. The molecule has 6 nitrogen and oxygen atoms in total. The second-order valence-electron chi connectivity index (χ2n) is 4.16. The number of hydrogen-bond acceptors (Lipinski definition) is 6. The molecule has 0 radical (unpaired) electrons. The van der Waals surface area contributed by atoms with Crippen LogP contribution in [0, 0.1) is 36.5 Å². The maximum absolute atomic E-state index is 11.9. The van der Waals surface area contributed by atoms with Gasteiger partial charge in [-0.15, -0.1) is 0 Å². The van der Waals surface area contributed by atoms with Gasteiger partial charge < -0.3 is 4.90 Å². The molecule has 0 N–H and O–H groups in total. The van der Waals surface area contributed by atoms with Gasteiger partial charge in [-0.3, -0.25) is 4.79 Å². The van der Waals surface area contributed by atoms with E-state index in [-0.39, 0.29) is 11.7 Å². The van der Waals surface area contributed by atoms with Crippen LogP contribution in [0.3, 0.4) is 0 Å². The maximum Gasteiger partial charge on any atom is 0.232 e. The highest BCUT2D eigenvalue weighted by Crippen LogP contribution is 2.22. The number of aryl methyl sites for hydroxylation is 2. The van der Waals surface area contributed by atoms with Gasteiger partial charge in [0.2, 0.25) is 5.91 Å². The highest BCUT2D eigenvalue weighted by Gasteiger charge is 2.14. The van der Waals surface area contributed by atoms with Gasteiger partial charge in [0.05, 0.1) is 23.9 Å². The van der Waals surface area contributed by atoms with Gasteiger partial charge >= 0.3 is 0 Å². The SMILES string of the molecule is Cc1nc(C)c(C#N)c(SCC(=O)N(C)CCC#N)n1. The Morgan fingerprint density at radius 2 is 2.05 bits per heavy atom. The van der Waals surface area contributed by atoms with Crippen LogP contribution in [0.25, 0.3) is 0 Å². The Kier molecular flexibility index (Phi) is 5.95. The molecule has 1 aromatic rings. The molecule has 0 saturated carbocycles. The first-order valence-electron chi connectivity index (χ1n) is 5.98. The molecular weight excluding hydrogens is 274 g/mol. The van der Waals surface area contributed by atoms with Crippen molar-refractivity contribution in [2.45, 2.75) is 25.3 Å². The fraction of sp³-hybridized carbons (Fsp3) is 0.462. The molecule has 1 rings (SSSR count). The summed E-state index contributed by atoms with van der Waals surface area (Å²) in [6.45, 7) is 3.90. The molecule has 1 heterocycles. The number of nitriles is 2. The minimum atomic E-state index is -0.0944. The van der Waals surface area contributed by atoms with Crippen LogP contribution in [0.15, 0.2) is 5.03 Å². The highest BCUT2D eigenvalue weighted by atomic mass is 32.2. The second-order valence-corrected chi connectivity index (χ2v) is 5.12. The van der Waals surface area contributed by atoms with Crippen molar-refractivity contribution in [1.29, 1.82) is 10.5 Å². The van der Waals surface area contributed by atoms with Crippen LogP contribution < -0.4 is 0 Å². The molecule has 0 fully saturated rings. The molecule has 0 spiro atoms. The standard InChI is InChI=1S/C13H15N5OS/c1-9-11(7-15)13(17-10(2)16-9)20-8-12(19)18(3)6-4-5-14/h4,6,8H2,1-3H3. The lowest BCUT2D eigenvalue weighted by Crippen LogP contribution is -2.29. The summed E-state index contributed by atoms with van der Waals surface area (Å²) in [6, 6.07) is 4.06. The van der Waals surface area contributed by atoms with Gasteiger partial charge in [0.15, 0.2) is 0 Å². The topological polar surface area (TPSA) is 93.7 Å². The molecule has 1 aromatic heterocycles. The zero-order chi connectivity index (χ0) is 15.1. The van der Waals surface area contributed by atoms with Crippen LogP contribution in [0.2, 0.25) is 0 Å². The van der Waals surface area contributed by atoms with E-state index in [1.54, 1.807) is 20.9 Å². The van der Waals surface area contributed by atoms with E-state index in [4.69, 9.17) is 10.5 Å². The first-order chi connectivity index (χ1) is 9.49. The molecule has 0 aliphatic carbocycles. The van der Waals surface area contributed by atoms with E-state index < -0.39 is 0 Å². The van der Waals surface area contributed by atoms with Crippen molar-refractivity contribution in [2.24, 2.45) is 0 Å². The second kappa shape index (κ2) is 7.46. The zero-order valence-corrected chi connectivity index (χ0v) is 12.5. The molecule has 0 bridgehead atoms. The van der Waals surface area contributed by atoms with Gasteiger partial charge in [-0.2, -0.15) is 10.5 Å². The van der Waals surface area contributed by atoms with E-state index in [0.717, 1.165) is 0 Å². The third-order valence-corrected chi connectivity index (χ3v) is 3.56. The quantitative estimate of drug-likeness (QED) is 0.601. The average Bonchev–Trinajstić information content (AvgIpc) is 2.41. The summed E-state index contributed by atoms with van der Waals surface area (Å²) in [4.78, 5) is 21.7. The van der Waals surface area contributed by atoms with Crippen LogP contribution in [0.4, 0.5) is 0 Å². The minimum Gasteiger partial charge on any atom is -0.344 e. The van der Waals surface area contributed by atoms with Crippen molar-refractivity contribution in [3.8, 4) is 12.1 Å². The van der Waals surface area contributed by atoms with Crippen LogP contribution >= 0.6 is 11.8 Å². The van der Waals surface area contributed by atoms with Crippen molar-refractivity contribution >= 4 is 17.7 Å². The summed E-state index contributed by atoms with van der Waals surface area (Å²) in [5.41, 5.74) is 1.03. The monoisotopic (exact) mass is 289 g/mol. The van der Waals surface area contributed by atoms with Crippen LogP contribution in [-0.2, 0) is 4.79 Å². The zero-order valence-electron chi connectivity index (χ0n) is 11.7. The molecule has 0 atom stereocenters. The third-order valence-electron chi connectivity index (χ3n) is 2.60. The highest BCUT2D eigenvalue weighted by molar-refractivity contribution is 8.00. The number of nitrogens with zero attached hydrogens (tertiary/aromatic N) is 5. The van der Waals surface area contributed by atoms with E-state index in [9.17, 15) is 4.79 Å². The van der Waals surface area contributed by atoms with Gasteiger partial charge in [0, 0.05) is 13.6 Å². The van der Waals surface area contributed by atoms with Crippen molar-refractivity contribution in [3.05, 3.63) is 17.1 Å². The van der Waals surface area contributed by atoms with Gasteiger partial charge in [-0.1, -0.05) is 11.8 Å². The van der Waals surface area contributed by atoms with Gasteiger partial charge in [0.1, 0.15) is 22.5 Å². The number of aromatic nitrogens is 2. The number of carbonyl (C=O) groups is 1. The minimum absolute atomic E-state index is 0.0944. The molecule has 104 valence electrons. The summed E-state index contributed by atoms with van der Waals surface area (Å²) >= 11 is 1.22. The largest absolute Gasteiger partial charge is 0.344 e. The molecular formula is C13H15N5OS. The Balaban J connectivity index is 2.74. The van der Waals surface area contributed by atoms with Crippen LogP contribution in [0.1, 0.15) is 23.5 Å². The fourth-order valence-corrected chi connectivity index (χ4v) is 2.51. The molecule has 1 amide bonds. The summed E-state index contributed by atoms with van der Waals surface area (Å²) in [5.74, 6) is 0.671. The van der Waals surface area contributed by atoms with Gasteiger partial charge in [0.25, 0.3) is 0 Å². The van der Waals surface area contributed by atoms with E-state index in [1.807, 2.05) is 6.07 Å². The first-order valence-corrected chi connectivity index (χ1v) is 6.97. The lowest BCUT2D eigenvalue weighted by atomic mass is 10.3. The Hall–Kier alpha value is -2.12. The number of rotatable bonds is 5. The first kappa shape index (κ1) is 15.9. The van der Waals surface area contributed by atoms with Crippen molar-refractivity contribution < 1.29 is 4.79 Å². The third kappa shape index (κ3) is 4.22. The number of hydrogen-bond donors (Lipinski definition) is 0. The van der Waals surface area contributed by atoms with Crippen molar-refractivity contribution in [2.75, 3.05) is 19.3 Å². The number of amides is 1. The summed E-state index contributed by atoms with van der Waals surface area (Å²) in [6.07, 6.45) is 0.308. The number of carbonyl (C=O) groups excluding carboxylic acids is 1. The van der Waals surface area contributed by atoms with Crippen molar-refractivity contribution in [1.82, 2.24) is 14.9 Å². The van der Waals surface area contributed by atoms with E-state index in [1.165, 1.54) is 16.7 Å². The maximum atomic E-state index is 11.9. The smallest absolute Gasteiger partial charge is 0.232 e. The summed E-state index contributed by atoms with van der Waals surface area (Å²) in [5, 5.41) is 18.1. The molecule has 20 heavy (non-hydrogen) atoms. The predicted octanol–water partition coefficient (Wildman–Crippen LogP) is 1.43. The van der Waals surface area contributed by atoms with Crippen LogP contribution in [-0.4, -0.2) is 40.1 Å². The predicted molar refractivity (Wildman–Crippen MR) is 74.8 cm³/mol. The Labute approximate surface area is 122 Å². The molecule has 0 unspecified atom stereocenters. The van der Waals surface area contributed by atoms with Crippen LogP contribution in [0.5, 0.6) is 0 Å². The van der Waals surface area contributed by atoms with Crippen molar-refractivity contribution in [3.63, 3.8) is 0 Å². The Morgan fingerprint density at radius 1 is 1.35 bits per heavy atom. The molecule has 0 aliphatic heterocycles. The Morgan fingerprint density at radius 3 is 2.65 bits per heavy atom. The molecule has 0 aromatic carbocycles. The Bertz CT molecular complexity index is 588. The summed E-state index contributed by atoms with van der Waals surface area (Å²) < 4.78 is 0. The molecule has 0 saturated heterocycles. The normalized spacial score (nSPS) is 9.65. The van der Waals surface area contributed by atoms with E-state index in [0.29, 0.717) is 35.1 Å². The lowest BCUT2D eigenvalue weighted by Gasteiger charge is -2.15.